The molecule has 0 aromatic heterocycles. The average molecular weight is 165 g/mol. The highest BCUT2D eigenvalue weighted by atomic mass is 16.4. The lowest BCUT2D eigenvalue weighted by molar-refractivity contribution is 0.318. The van der Waals surface area contributed by atoms with Gasteiger partial charge in [0.2, 0.25) is 0 Å². The maximum absolute atomic E-state index is 8.35. The Morgan fingerprint density at radius 2 is 1.92 bits per heavy atom. The van der Waals surface area contributed by atoms with E-state index in [9.17, 15) is 0 Å². The molecule has 0 aliphatic rings. The van der Waals surface area contributed by atoms with Gasteiger partial charge in [0.25, 0.3) is 0 Å². The predicted octanol–water partition coefficient (Wildman–Crippen LogP) is 0.240. The van der Waals surface area contributed by atoms with Crippen molar-refractivity contribution in [2.75, 3.05) is 0 Å². The van der Waals surface area contributed by atoms with E-state index in [4.69, 9.17) is 16.7 Å². The summed E-state index contributed by atoms with van der Waals surface area (Å²) < 4.78 is 0. The lowest BCUT2D eigenvalue weighted by atomic mass is 10.1. The van der Waals surface area contributed by atoms with E-state index in [0.717, 1.165) is 5.56 Å². The van der Waals surface area contributed by atoms with Gasteiger partial charge < -0.3 is 16.7 Å². The van der Waals surface area contributed by atoms with Crippen molar-refractivity contribution in [3.63, 3.8) is 0 Å². The fourth-order valence-corrected chi connectivity index (χ4v) is 0.869. The zero-order valence-corrected chi connectivity index (χ0v) is 6.57. The second-order valence-electron chi connectivity index (χ2n) is 2.39. The molecule has 1 aromatic carbocycles. The molecule has 64 valence electrons. The van der Waals surface area contributed by atoms with Crippen LogP contribution in [0.2, 0.25) is 0 Å². The molecule has 0 spiro atoms. The summed E-state index contributed by atoms with van der Waals surface area (Å²) in [6.45, 7) is 0.496. The summed E-state index contributed by atoms with van der Waals surface area (Å²) in [5.74, 6) is 0.110. The third-order valence-corrected chi connectivity index (χ3v) is 1.59. The quantitative estimate of drug-likeness (QED) is 0.254. The van der Waals surface area contributed by atoms with Gasteiger partial charge >= 0.3 is 0 Å². The third kappa shape index (κ3) is 1.73. The van der Waals surface area contributed by atoms with Crippen LogP contribution in [0.1, 0.15) is 11.1 Å². The molecule has 0 unspecified atom stereocenters. The van der Waals surface area contributed by atoms with Crippen molar-refractivity contribution in [1.82, 2.24) is 0 Å². The van der Waals surface area contributed by atoms with Gasteiger partial charge in [0.15, 0.2) is 5.84 Å². The molecule has 0 saturated heterocycles. The Hall–Kier alpha value is -1.55. The van der Waals surface area contributed by atoms with Gasteiger partial charge in [0.1, 0.15) is 0 Å². The monoisotopic (exact) mass is 165 g/mol. The van der Waals surface area contributed by atoms with Crippen molar-refractivity contribution >= 4 is 5.84 Å². The Balaban J connectivity index is 2.92. The molecule has 0 fully saturated rings. The minimum atomic E-state index is 0.110. The van der Waals surface area contributed by atoms with Gasteiger partial charge in [0.05, 0.1) is 0 Å². The van der Waals surface area contributed by atoms with Crippen LogP contribution < -0.4 is 11.5 Å². The van der Waals surface area contributed by atoms with Crippen molar-refractivity contribution in [2.45, 2.75) is 6.54 Å². The van der Waals surface area contributed by atoms with Crippen LogP contribution in [0.25, 0.3) is 0 Å². The van der Waals surface area contributed by atoms with E-state index in [1.165, 1.54) is 0 Å². The fourth-order valence-electron chi connectivity index (χ4n) is 0.869. The van der Waals surface area contributed by atoms with Gasteiger partial charge in [0, 0.05) is 12.1 Å². The number of oxime groups is 1. The summed E-state index contributed by atoms with van der Waals surface area (Å²) in [5, 5.41) is 11.2. The third-order valence-electron chi connectivity index (χ3n) is 1.59. The normalized spacial score (nSPS) is 11.6. The van der Waals surface area contributed by atoms with E-state index in [0.29, 0.717) is 12.1 Å². The molecular formula is C8H11N3O. The molecule has 5 N–H and O–H groups in total. The number of hydrogen-bond donors (Lipinski definition) is 3. The second-order valence-corrected chi connectivity index (χ2v) is 2.39. The van der Waals surface area contributed by atoms with Crippen LogP contribution in [0.3, 0.4) is 0 Å². The molecule has 0 saturated carbocycles. The van der Waals surface area contributed by atoms with Gasteiger partial charge in [-0.3, -0.25) is 0 Å². The van der Waals surface area contributed by atoms with Crippen LogP contribution in [0.15, 0.2) is 29.4 Å². The summed E-state index contributed by atoms with van der Waals surface area (Å²) in [5.41, 5.74) is 12.5. The van der Waals surface area contributed by atoms with Gasteiger partial charge in [-0.15, -0.1) is 0 Å². The van der Waals surface area contributed by atoms with Gasteiger partial charge in [-0.1, -0.05) is 29.4 Å². The Bertz CT molecular complexity index is 279. The van der Waals surface area contributed by atoms with Crippen molar-refractivity contribution in [3.8, 4) is 0 Å². The number of nitrogens with two attached hydrogens (primary N) is 2. The smallest absolute Gasteiger partial charge is 0.170 e. The molecule has 4 heteroatoms. The van der Waals surface area contributed by atoms with Gasteiger partial charge in [-0.25, -0.2) is 0 Å². The highest BCUT2D eigenvalue weighted by molar-refractivity contribution is 5.96. The number of benzene rings is 1. The molecule has 12 heavy (non-hydrogen) atoms. The second kappa shape index (κ2) is 3.73. The predicted molar refractivity (Wildman–Crippen MR) is 46.8 cm³/mol. The Morgan fingerprint density at radius 1 is 1.33 bits per heavy atom. The molecule has 0 aliphatic heterocycles. The van der Waals surface area contributed by atoms with Gasteiger partial charge in [-0.05, 0) is 5.56 Å². The van der Waals surface area contributed by atoms with E-state index in [2.05, 4.69) is 5.16 Å². The van der Waals surface area contributed by atoms with E-state index >= 15 is 0 Å². The van der Waals surface area contributed by atoms with E-state index in [-0.39, 0.29) is 5.84 Å². The van der Waals surface area contributed by atoms with Crippen LogP contribution >= 0.6 is 0 Å². The molecule has 0 bridgehead atoms. The minimum Gasteiger partial charge on any atom is -0.409 e. The van der Waals surface area contributed by atoms with Crippen LogP contribution in [0.5, 0.6) is 0 Å². The molecular weight excluding hydrogens is 154 g/mol. The topological polar surface area (TPSA) is 84.6 Å². The summed E-state index contributed by atoms with van der Waals surface area (Å²) >= 11 is 0. The first-order valence-corrected chi connectivity index (χ1v) is 3.55. The highest BCUT2D eigenvalue weighted by Gasteiger charge is 1.97. The van der Waals surface area contributed by atoms with Crippen molar-refractivity contribution in [3.05, 3.63) is 35.4 Å². The summed E-state index contributed by atoms with van der Waals surface area (Å²) in [6.07, 6.45) is 0. The number of rotatable bonds is 2. The summed E-state index contributed by atoms with van der Waals surface area (Å²) in [4.78, 5) is 0. The fraction of sp³-hybridized carbons (Fsp3) is 0.125. The summed E-state index contributed by atoms with van der Waals surface area (Å²) in [7, 11) is 0. The molecule has 0 heterocycles. The standard InChI is InChI=1S/C8H11N3O/c9-5-6-1-3-7(4-2-6)8(10)11-12/h1-4,12H,5,9H2,(H2,10,11). The lowest BCUT2D eigenvalue weighted by Crippen LogP contribution is -2.12. The first kappa shape index (κ1) is 8.55. The largest absolute Gasteiger partial charge is 0.409 e. The Morgan fingerprint density at radius 3 is 2.33 bits per heavy atom. The SMILES string of the molecule is NCc1ccc(C(N)=NO)cc1. The molecule has 0 aliphatic carbocycles. The van der Waals surface area contributed by atoms with Crippen LogP contribution in [0, 0.1) is 0 Å². The number of hydrogen-bond acceptors (Lipinski definition) is 3. The van der Waals surface area contributed by atoms with Crippen LogP contribution in [-0.2, 0) is 6.54 Å². The maximum atomic E-state index is 8.35. The first-order chi connectivity index (χ1) is 5.77. The molecule has 0 radical (unpaired) electrons. The van der Waals surface area contributed by atoms with Crippen molar-refractivity contribution in [2.24, 2.45) is 16.6 Å². The van der Waals surface area contributed by atoms with E-state index in [1.54, 1.807) is 12.1 Å². The molecule has 1 rings (SSSR count). The zero-order chi connectivity index (χ0) is 8.97. The van der Waals surface area contributed by atoms with E-state index < -0.39 is 0 Å². The lowest BCUT2D eigenvalue weighted by Gasteiger charge is -1.99. The first-order valence-electron chi connectivity index (χ1n) is 3.55. The van der Waals surface area contributed by atoms with Crippen LogP contribution in [-0.4, -0.2) is 11.0 Å². The Kier molecular flexibility index (Phi) is 2.66. The van der Waals surface area contributed by atoms with Crippen molar-refractivity contribution in [1.29, 1.82) is 0 Å². The minimum absolute atomic E-state index is 0.110. The van der Waals surface area contributed by atoms with Crippen molar-refractivity contribution < 1.29 is 5.21 Å². The van der Waals surface area contributed by atoms with E-state index in [1.807, 2.05) is 12.1 Å². The molecule has 0 amide bonds. The number of nitrogens with zero attached hydrogens (tertiary/aromatic N) is 1. The Labute approximate surface area is 70.5 Å². The van der Waals surface area contributed by atoms with Gasteiger partial charge in [-0.2, -0.15) is 0 Å². The molecule has 4 nitrogen and oxygen atoms in total. The summed E-state index contributed by atoms with van der Waals surface area (Å²) in [6, 6.07) is 7.20. The highest BCUT2D eigenvalue weighted by Crippen LogP contribution is 2.02. The average Bonchev–Trinajstić information content (AvgIpc) is 2.17. The number of amidine groups is 1. The molecule has 1 aromatic rings. The molecule has 0 atom stereocenters. The van der Waals surface area contributed by atoms with Crippen LogP contribution in [0.4, 0.5) is 0 Å². The maximum Gasteiger partial charge on any atom is 0.170 e. The zero-order valence-electron chi connectivity index (χ0n) is 6.57.